The number of ether oxygens (including phenoxy) is 1. The molecule has 1 aromatic heterocycles. The second-order valence-electron chi connectivity index (χ2n) is 3.47. The standard InChI is InChI=1S/C11H7BrF3NO2/c1-6-5-16-10(17-6)8-3-2-7(4-9(8)12)18-11(13,14)15/h2-5H,1H3. The molecule has 7 heteroatoms. The fourth-order valence-corrected chi connectivity index (χ4v) is 1.87. The van der Waals surface area contributed by atoms with E-state index in [-0.39, 0.29) is 5.75 Å². The Balaban J connectivity index is 2.31. The molecule has 0 fully saturated rings. The van der Waals surface area contributed by atoms with Crippen molar-refractivity contribution in [3.8, 4) is 17.2 Å². The van der Waals surface area contributed by atoms with E-state index in [1.165, 1.54) is 24.4 Å². The van der Waals surface area contributed by atoms with Crippen LogP contribution in [-0.4, -0.2) is 11.3 Å². The largest absolute Gasteiger partial charge is 0.573 e. The number of benzene rings is 1. The minimum atomic E-state index is -4.71. The minimum absolute atomic E-state index is 0.304. The molecule has 0 N–H and O–H groups in total. The first-order valence-corrected chi connectivity index (χ1v) is 5.62. The Hall–Kier alpha value is -1.50. The summed E-state index contributed by atoms with van der Waals surface area (Å²) in [6.45, 7) is 1.73. The number of halogens is 4. The third-order valence-corrected chi connectivity index (χ3v) is 2.68. The zero-order chi connectivity index (χ0) is 13.3. The average Bonchev–Trinajstić information content (AvgIpc) is 2.62. The summed E-state index contributed by atoms with van der Waals surface area (Å²) in [5, 5.41) is 0. The van der Waals surface area contributed by atoms with Crippen LogP contribution < -0.4 is 4.74 Å². The Morgan fingerprint density at radius 2 is 2.06 bits per heavy atom. The minimum Gasteiger partial charge on any atom is -0.441 e. The lowest BCUT2D eigenvalue weighted by Gasteiger charge is -2.09. The van der Waals surface area contributed by atoms with Crippen LogP contribution in [0.3, 0.4) is 0 Å². The maximum absolute atomic E-state index is 12.0. The highest BCUT2D eigenvalue weighted by molar-refractivity contribution is 9.10. The molecule has 0 unspecified atom stereocenters. The smallest absolute Gasteiger partial charge is 0.441 e. The van der Waals surface area contributed by atoms with Gasteiger partial charge in [-0.3, -0.25) is 0 Å². The van der Waals surface area contributed by atoms with Gasteiger partial charge in [-0.1, -0.05) is 0 Å². The molecular formula is C11H7BrF3NO2. The lowest BCUT2D eigenvalue weighted by molar-refractivity contribution is -0.274. The van der Waals surface area contributed by atoms with Gasteiger partial charge in [-0.15, -0.1) is 13.2 Å². The number of rotatable bonds is 2. The Labute approximate surface area is 109 Å². The van der Waals surface area contributed by atoms with Crippen molar-refractivity contribution in [3.05, 3.63) is 34.6 Å². The first-order chi connectivity index (χ1) is 8.35. The number of aryl methyl sites for hydroxylation is 1. The van der Waals surface area contributed by atoms with E-state index in [1.54, 1.807) is 6.92 Å². The summed E-state index contributed by atoms with van der Waals surface area (Å²) in [7, 11) is 0. The third kappa shape index (κ3) is 3.04. The summed E-state index contributed by atoms with van der Waals surface area (Å²) in [5.74, 6) is 0.645. The van der Waals surface area contributed by atoms with E-state index >= 15 is 0 Å². The van der Waals surface area contributed by atoms with Crippen LogP contribution in [0.4, 0.5) is 13.2 Å². The van der Waals surface area contributed by atoms with Gasteiger partial charge in [-0.05, 0) is 41.1 Å². The van der Waals surface area contributed by atoms with E-state index in [4.69, 9.17) is 4.42 Å². The number of alkyl halides is 3. The molecule has 1 heterocycles. The van der Waals surface area contributed by atoms with Crippen LogP contribution in [0.15, 0.2) is 33.3 Å². The van der Waals surface area contributed by atoms with Crippen LogP contribution >= 0.6 is 15.9 Å². The topological polar surface area (TPSA) is 35.3 Å². The number of aromatic nitrogens is 1. The maximum atomic E-state index is 12.0. The first-order valence-electron chi connectivity index (χ1n) is 4.83. The van der Waals surface area contributed by atoms with E-state index in [0.717, 1.165) is 0 Å². The van der Waals surface area contributed by atoms with Crippen LogP contribution in [0.5, 0.6) is 5.75 Å². The monoisotopic (exact) mass is 321 g/mol. The van der Waals surface area contributed by atoms with E-state index in [0.29, 0.717) is 21.7 Å². The quantitative estimate of drug-likeness (QED) is 0.826. The van der Waals surface area contributed by atoms with Crippen molar-refractivity contribution in [2.45, 2.75) is 13.3 Å². The molecule has 3 nitrogen and oxygen atoms in total. The van der Waals surface area contributed by atoms with Gasteiger partial charge in [0.05, 0.1) is 11.8 Å². The highest BCUT2D eigenvalue weighted by Gasteiger charge is 2.31. The molecule has 0 radical (unpaired) electrons. The van der Waals surface area contributed by atoms with E-state index in [9.17, 15) is 13.2 Å². The molecule has 0 amide bonds. The van der Waals surface area contributed by atoms with Crippen molar-refractivity contribution in [2.24, 2.45) is 0 Å². The van der Waals surface area contributed by atoms with Gasteiger partial charge in [-0.2, -0.15) is 0 Å². The number of nitrogens with zero attached hydrogens (tertiary/aromatic N) is 1. The summed E-state index contributed by atoms with van der Waals surface area (Å²) in [5.41, 5.74) is 0.553. The van der Waals surface area contributed by atoms with Crippen molar-refractivity contribution in [1.29, 1.82) is 0 Å². The lowest BCUT2D eigenvalue weighted by atomic mass is 10.2. The zero-order valence-corrected chi connectivity index (χ0v) is 10.7. The normalized spacial score (nSPS) is 11.6. The van der Waals surface area contributed by atoms with Gasteiger partial charge in [0.1, 0.15) is 11.5 Å². The van der Waals surface area contributed by atoms with Crippen LogP contribution in [0.2, 0.25) is 0 Å². The van der Waals surface area contributed by atoms with Gasteiger partial charge in [-0.25, -0.2) is 4.98 Å². The Morgan fingerprint density at radius 3 is 2.56 bits per heavy atom. The molecule has 18 heavy (non-hydrogen) atoms. The number of oxazole rings is 1. The molecular weight excluding hydrogens is 315 g/mol. The van der Waals surface area contributed by atoms with E-state index < -0.39 is 6.36 Å². The Kier molecular flexibility index (Phi) is 3.34. The molecule has 0 saturated heterocycles. The van der Waals surface area contributed by atoms with E-state index in [1.807, 2.05) is 0 Å². The lowest BCUT2D eigenvalue weighted by Crippen LogP contribution is -2.17. The van der Waals surface area contributed by atoms with Gasteiger partial charge in [0, 0.05) is 4.47 Å². The van der Waals surface area contributed by atoms with Crippen molar-refractivity contribution in [3.63, 3.8) is 0 Å². The highest BCUT2D eigenvalue weighted by Crippen LogP contribution is 2.33. The van der Waals surface area contributed by atoms with E-state index in [2.05, 4.69) is 25.7 Å². The summed E-state index contributed by atoms with van der Waals surface area (Å²) >= 11 is 3.15. The second kappa shape index (κ2) is 4.64. The van der Waals surface area contributed by atoms with Crippen molar-refractivity contribution < 1.29 is 22.3 Å². The average molecular weight is 322 g/mol. The summed E-state index contributed by atoms with van der Waals surface area (Å²) in [4.78, 5) is 3.99. The molecule has 0 aliphatic rings. The molecule has 1 aromatic carbocycles. The fraction of sp³-hybridized carbons (Fsp3) is 0.182. The molecule has 0 aliphatic heterocycles. The summed E-state index contributed by atoms with van der Waals surface area (Å²) in [6, 6.07) is 3.85. The van der Waals surface area contributed by atoms with Gasteiger partial charge >= 0.3 is 6.36 Å². The number of hydrogen-bond acceptors (Lipinski definition) is 3. The summed E-state index contributed by atoms with van der Waals surface area (Å²) in [6.07, 6.45) is -3.18. The van der Waals surface area contributed by atoms with Crippen LogP contribution in [0.25, 0.3) is 11.5 Å². The third-order valence-electron chi connectivity index (χ3n) is 2.03. The molecule has 0 bridgehead atoms. The molecule has 0 atom stereocenters. The van der Waals surface area contributed by atoms with Crippen LogP contribution in [0, 0.1) is 6.92 Å². The van der Waals surface area contributed by atoms with Crippen LogP contribution in [0.1, 0.15) is 5.76 Å². The molecule has 2 rings (SSSR count). The van der Waals surface area contributed by atoms with Crippen molar-refractivity contribution in [2.75, 3.05) is 0 Å². The predicted octanol–water partition coefficient (Wildman–Crippen LogP) is 4.31. The first kappa shape index (κ1) is 12.9. The van der Waals surface area contributed by atoms with Gasteiger partial charge in [0.15, 0.2) is 0 Å². The predicted molar refractivity (Wildman–Crippen MR) is 61.1 cm³/mol. The van der Waals surface area contributed by atoms with Crippen molar-refractivity contribution >= 4 is 15.9 Å². The van der Waals surface area contributed by atoms with Crippen molar-refractivity contribution in [1.82, 2.24) is 4.98 Å². The zero-order valence-electron chi connectivity index (χ0n) is 9.08. The molecule has 0 aliphatic carbocycles. The maximum Gasteiger partial charge on any atom is 0.573 e. The SMILES string of the molecule is Cc1cnc(-c2ccc(OC(F)(F)F)cc2Br)o1. The second-order valence-corrected chi connectivity index (χ2v) is 4.32. The van der Waals surface area contributed by atoms with Gasteiger partial charge in [0.25, 0.3) is 0 Å². The number of hydrogen-bond donors (Lipinski definition) is 0. The molecule has 0 spiro atoms. The highest BCUT2D eigenvalue weighted by atomic mass is 79.9. The fourth-order valence-electron chi connectivity index (χ4n) is 1.35. The summed E-state index contributed by atoms with van der Waals surface area (Å²) < 4.78 is 45.6. The Morgan fingerprint density at radius 1 is 1.33 bits per heavy atom. The van der Waals surface area contributed by atoms with Gasteiger partial charge in [0.2, 0.25) is 5.89 Å². The molecule has 2 aromatic rings. The molecule has 0 saturated carbocycles. The van der Waals surface area contributed by atoms with Gasteiger partial charge < -0.3 is 9.15 Å². The van der Waals surface area contributed by atoms with Crippen LogP contribution in [-0.2, 0) is 0 Å². The molecule has 96 valence electrons. The Bertz CT molecular complexity index is 566.